The van der Waals surface area contributed by atoms with Gasteiger partial charge in [0.25, 0.3) is 0 Å². The van der Waals surface area contributed by atoms with Crippen molar-refractivity contribution in [2.45, 2.75) is 20.0 Å². The molecule has 3 nitrogen and oxygen atoms in total. The molecule has 1 amide bonds. The zero-order chi connectivity index (χ0) is 15.2. The number of nitrogens with one attached hydrogen (secondary N) is 2. The van der Waals surface area contributed by atoms with Crippen LogP contribution < -0.4 is 10.6 Å². The lowest BCUT2D eigenvalue weighted by atomic mass is 10.1. The fourth-order valence-corrected chi connectivity index (χ4v) is 2.00. The summed E-state index contributed by atoms with van der Waals surface area (Å²) in [5.41, 5.74) is 1.86. The Kier molecular flexibility index (Phi) is 5.00. The molecule has 2 aromatic rings. The second-order valence-corrected chi connectivity index (χ2v) is 4.68. The summed E-state index contributed by atoms with van der Waals surface area (Å²) in [6.07, 6.45) is 0. The molecule has 2 aromatic carbocycles. The number of rotatable bonds is 5. The van der Waals surface area contributed by atoms with E-state index in [1.54, 1.807) is 6.07 Å². The summed E-state index contributed by atoms with van der Waals surface area (Å²) in [7, 11) is 0. The van der Waals surface area contributed by atoms with Crippen molar-refractivity contribution < 1.29 is 13.6 Å². The molecule has 0 aromatic heterocycles. The number of anilines is 1. The van der Waals surface area contributed by atoms with Crippen molar-refractivity contribution in [2.24, 2.45) is 0 Å². The minimum Gasteiger partial charge on any atom is -0.326 e. The fraction of sp³-hybridized carbons (Fsp3) is 0.188. The molecule has 0 radical (unpaired) electrons. The van der Waals surface area contributed by atoms with E-state index in [0.29, 0.717) is 12.2 Å². The minimum absolute atomic E-state index is 0.154. The summed E-state index contributed by atoms with van der Waals surface area (Å²) in [5, 5.41) is 5.77. The molecule has 0 aliphatic carbocycles. The van der Waals surface area contributed by atoms with E-state index in [1.807, 2.05) is 18.2 Å². The van der Waals surface area contributed by atoms with Crippen molar-refractivity contribution >= 4 is 11.6 Å². The van der Waals surface area contributed by atoms with Crippen LogP contribution in [0.25, 0.3) is 0 Å². The van der Waals surface area contributed by atoms with Crippen molar-refractivity contribution in [1.29, 1.82) is 0 Å². The first-order valence-corrected chi connectivity index (χ1v) is 6.56. The number of carbonyl (C=O) groups excluding carboxylic acids is 1. The van der Waals surface area contributed by atoms with Gasteiger partial charge in [-0.1, -0.05) is 18.2 Å². The molecule has 0 fully saturated rings. The summed E-state index contributed by atoms with van der Waals surface area (Å²) in [4.78, 5) is 11.1. The summed E-state index contributed by atoms with van der Waals surface area (Å²) >= 11 is 0. The van der Waals surface area contributed by atoms with E-state index >= 15 is 0 Å². The Morgan fingerprint density at radius 3 is 2.52 bits per heavy atom. The Hall–Kier alpha value is -2.27. The van der Waals surface area contributed by atoms with Gasteiger partial charge in [-0.25, -0.2) is 8.78 Å². The highest BCUT2D eigenvalue weighted by Gasteiger charge is 2.06. The molecule has 21 heavy (non-hydrogen) atoms. The normalized spacial score (nSPS) is 10.4. The van der Waals surface area contributed by atoms with Crippen LogP contribution in [0, 0.1) is 11.6 Å². The Labute approximate surface area is 122 Å². The molecule has 0 bridgehead atoms. The predicted molar refractivity (Wildman–Crippen MR) is 77.6 cm³/mol. The lowest BCUT2D eigenvalue weighted by molar-refractivity contribution is -0.114. The van der Waals surface area contributed by atoms with E-state index in [0.717, 1.165) is 17.7 Å². The van der Waals surface area contributed by atoms with Crippen molar-refractivity contribution in [3.8, 4) is 0 Å². The third-order valence-corrected chi connectivity index (χ3v) is 2.97. The van der Waals surface area contributed by atoms with Crippen LogP contribution in [0.4, 0.5) is 14.5 Å². The minimum atomic E-state index is -0.466. The lowest BCUT2D eigenvalue weighted by Gasteiger charge is -2.11. The highest BCUT2D eigenvalue weighted by Crippen LogP contribution is 2.15. The van der Waals surface area contributed by atoms with E-state index in [4.69, 9.17) is 0 Å². The number of para-hydroxylation sites is 1. The van der Waals surface area contributed by atoms with Crippen LogP contribution in [-0.2, 0) is 17.9 Å². The number of carbonyl (C=O) groups is 1. The maximum Gasteiger partial charge on any atom is 0.221 e. The molecule has 0 saturated heterocycles. The smallest absolute Gasteiger partial charge is 0.221 e. The number of amides is 1. The van der Waals surface area contributed by atoms with E-state index in [1.165, 1.54) is 13.0 Å². The standard InChI is InChI=1S/C16H16F2N2O/c1-11(21)20-16-5-3-2-4-12(16)9-19-10-13-8-14(17)6-7-15(13)18/h2-8,19H,9-10H2,1H3,(H,20,21). The molecule has 0 unspecified atom stereocenters. The molecule has 2 N–H and O–H groups in total. The van der Waals surface area contributed by atoms with Crippen molar-refractivity contribution in [2.75, 3.05) is 5.32 Å². The average molecular weight is 290 g/mol. The van der Waals surface area contributed by atoms with E-state index in [2.05, 4.69) is 10.6 Å². The second-order valence-electron chi connectivity index (χ2n) is 4.68. The number of benzene rings is 2. The molecule has 2 rings (SSSR count). The van der Waals surface area contributed by atoms with Gasteiger partial charge in [0.2, 0.25) is 5.91 Å². The van der Waals surface area contributed by atoms with Gasteiger partial charge in [0.15, 0.2) is 0 Å². The van der Waals surface area contributed by atoms with E-state index in [9.17, 15) is 13.6 Å². The Morgan fingerprint density at radius 2 is 1.76 bits per heavy atom. The van der Waals surface area contributed by atoms with Gasteiger partial charge in [-0.3, -0.25) is 4.79 Å². The molecule has 0 atom stereocenters. The van der Waals surface area contributed by atoms with Crippen LogP contribution in [0.5, 0.6) is 0 Å². The molecule has 0 heterocycles. The van der Waals surface area contributed by atoms with Crippen LogP contribution in [0.2, 0.25) is 0 Å². The molecule has 0 spiro atoms. The van der Waals surface area contributed by atoms with Gasteiger partial charge >= 0.3 is 0 Å². The monoisotopic (exact) mass is 290 g/mol. The fourth-order valence-electron chi connectivity index (χ4n) is 2.00. The summed E-state index contributed by atoms with van der Waals surface area (Å²) in [6.45, 7) is 2.08. The Bertz CT molecular complexity index is 644. The summed E-state index contributed by atoms with van der Waals surface area (Å²) in [5.74, 6) is -1.07. The van der Waals surface area contributed by atoms with Gasteiger partial charge < -0.3 is 10.6 Å². The number of halogens is 2. The summed E-state index contributed by atoms with van der Waals surface area (Å²) < 4.78 is 26.5. The van der Waals surface area contributed by atoms with Gasteiger partial charge in [0.1, 0.15) is 11.6 Å². The molecule has 0 aliphatic heterocycles. The third-order valence-electron chi connectivity index (χ3n) is 2.97. The topological polar surface area (TPSA) is 41.1 Å². The van der Waals surface area contributed by atoms with Crippen LogP contribution in [0.3, 0.4) is 0 Å². The highest BCUT2D eigenvalue weighted by atomic mass is 19.1. The van der Waals surface area contributed by atoms with Crippen molar-refractivity contribution in [3.63, 3.8) is 0 Å². The molecule has 0 aliphatic rings. The van der Waals surface area contributed by atoms with Gasteiger partial charge in [0, 0.05) is 31.3 Å². The van der Waals surface area contributed by atoms with Crippen LogP contribution >= 0.6 is 0 Å². The molecule has 0 saturated carbocycles. The van der Waals surface area contributed by atoms with Crippen molar-refractivity contribution in [3.05, 3.63) is 65.2 Å². The number of hydrogen-bond donors (Lipinski definition) is 2. The van der Waals surface area contributed by atoms with Crippen LogP contribution in [0.15, 0.2) is 42.5 Å². The van der Waals surface area contributed by atoms with E-state index < -0.39 is 11.6 Å². The lowest BCUT2D eigenvalue weighted by Crippen LogP contribution is -2.16. The van der Waals surface area contributed by atoms with Gasteiger partial charge in [-0.2, -0.15) is 0 Å². The van der Waals surface area contributed by atoms with Crippen LogP contribution in [0.1, 0.15) is 18.1 Å². The van der Waals surface area contributed by atoms with Gasteiger partial charge in [-0.15, -0.1) is 0 Å². The van der Waals surface area contributed by atoms with Gasteiger partial charge in [0.05, 0.1) is 0 Å². The molecular weight excluding hydrogens is 274 g/mol. The largest absolute Gasteiger partial charge is 0.326 e. The Morgan fingerprint density at radius 1 is 1.05 bits per heavy atom. The second kappa shape index (κ2) is 6.95. The highest BCUT2D eigenvalue weighted by molar-refractivity contribution is 5.89. The summed E-state index contributed by atoms with van der Waals surface area (Å²) in [6, 6.07) is 10.7. The first kappa shape index (κ1) is 15.1. The maximum absolute atomic E-state index is 13.5. The molecule has 5 heteroatoms. The zero-order valence-electron chi connectivity index (χ0n) is 11.6. The Balaban J connectivity index is 2.00. The van der Waals surface area contributed by atoms with Crippen molar-refractivity contribution in [1.82, 2.24) is 5.32 Å². The third kappa shape index (κ3) is 4.36. The predicted octanol–water partition coefficient (Wildman–Crippen LogP) is 3.21. The zero-order valence-corrected chi connectivity index (χ0v) is 11.6. The molecular formula is C16H16F2N2O. The quantitative estimate of drug-likeness (QED) is 0.887. The average Bonchev–Trinajstić information content (AvgIpc) is 2.44. The first-order valence-electron chi connectivity index (χ1n) is 6.56. The van der Waals surface area contributed by atoms with E-state index in [-0.39, 0.29) is 18.0 Å². The first-order chi connectivity index (χ1) is 10.1. The molecule has 110 valence electrons. The maximum atomic E-state index is 13.5. The number of hydrogen-bond acceptors (Lipinski definition) is 2. The van der Waals surface area contributed by atoms with Gasteiger partial charge in [-0.05, 0) is 29.8 Å². The SMILES string of the molecule is CC(=O)Nc1ccccc1CNCc1cc(F)ccc1F. The van der Waals surface area contributed by atoms with Crippen LogP contribution in [-0.4, -0.2) is 5.91 Å².